The highest BCUT2D eigenvalue weighted by atomic mass is 16.1. The standard InChI is InChI=1S/C14H12N2.C8H6O2.CH5N/c1-15-14-7-4-5-12(11-14)8-9-13-6-2-3-10-16-13;9-5-7-1-2-8(6-10)4-3-7;1-2/h2-7,10-11,15H,1H3;1-6H;2H2,1H3. The summed E-state index contributed by atoms with van der Waals surface area (Å²) >= 11 is 0. The van der Waals surface area contributed by atoms with Crippen LogP contribution in [0.25, 0.3) is 0 Å². The van der Waals surface area contributed by atoms with E-state index in [4.69, 9.17) is 0 Å². The minimum absolute atomic E-state index is 0.589. The summed E-state index contributed by atoms with van der Waals surface area (Å²) in [5.41, 5.74) is 8.51. The molecule has 0 radical (unpaired) electrons. The van der Waals surface area contributed by atoms with Crippen molar-refractivity contribution in [3.05, 3.63) is 95.3 Å². The lowest BCUT2D eigenvalue weighted by Crippen LogP contribution is -1.87. The van der Waals surface area contributed by atoms with Gasteiger partial charge in [0.15, 0.2) is 0 Å². The SMILES string of the molecule is CN.CNc1cccc(C#Cc2ccccn2)c1.O=Cc1ccc(C=O)cc1. The summed E-state index contributed by atoms with van der Waals surface area (Å²) in [6.07, 6.45) is 3.23. The number of anilines is 1. The number of aldehydes is 2. The molecule has 0 fully saturated rings. The van der Waals surface area contributed by atoms with E-state index in [-0.39, 0.29) is 0 Å². The van der Waals surface area contributed by atoms with Gasteiger partial charge in [0.2, 0.25) is 0 Å². The Bertz CT molecular complexity index is 885. The van der Waals surface area contributed by atoms with Gasteiger partial charge in [-0.05, 0) is 43.3 Å². The molecule has 5 heteroatoms. The van der Waals surface area contributed by atoms with Crippen LogP contribution in [0, 0.1) is 11.8 Å². The van der Waals surface area contributed by atoms with E-state index in [9.17, 15) is 9.59 Å². The maximum Gasteiger partial charge on any atom is 0.150 e. The summed E-state index contributed by atoms with van der Waals surface area (Å²) in [5.74, 6) is 6.11. The Balaban J connectivity index is 0.000000281. The molecule has 1 heterocycles. The van der Waals surface area contributed by atoms with Crippen LogP contribution in [0.5, 0.6) is 0 Å². The van der Waals surface area contributed by atoms with Crippen molar-refractivity contribution >= 4 is 18.3 Å². The van der Waals surface area contributed by atoms with Crippen LogP contribution in [0.15, 0.2) is 72.9 Å². The number of nitrogens with two attached hydrogens (primary N) is 1. The molecule has 0 spiro atoms. The van der Waals surface area contributed by atoms with Crippen LogP contribution >= 0.6 is 0 Å². The minimum atomic E-state index is 0.589. The van der Waals surface area contributed by atoms with Crippen molar-refractivity contribution in [1.29, 1.82) is 0 Å². The molecular formula is C23H23N3O2. The zero-order valence-electron chi connectivity index (χ0n) is 15.9. The van der Waals surface area contributed by atoms with Crippen molar-refractivity contribution < 1.29 is 9.59 Å². The van der Waals surface area contributed by atoms with Crippen molar-refractivity contribution in [2.45, 2.75) is 0 Å². The average Bonchev–Trinajstić information content (AvgIpc) is 2.80. The summed E-state index contributed by atoms with van der Waals surface area (Å²) in [4.78, 5) is 24.4. The molecule has 0 aliphatic carbocycles. The van der Waals surface area contributed by atoms with Crippen LogP contribution in [-0.2, 0) is 0 Å². The Hall–Kier alpha value is -3.75. The van der Waals surface area contributed by atoms with E-state index in [1.807, 2.05) is 49.5 Å². The minimum Gasteiger partial charge on any atom is -0.388 e. The van der Waals surface area contributed by atoms with Gasteiger partial charge in [-0.1, -0.05) is 42.3 Å². The molecule has 1 aromatic heterocycles. The number of pyridine rings is 1. The third kappa shape index (κ3) is 8.09. The van der Waals surface area contributed by atoms with Crippen molar-refractivity contribution in [2.75, 3.05) is 19.4 Å². The largest absolute Gasteiger partial charge is 0.388 e. The van der Waals surface area contributed by atoms with Crippen molar-refractivity contribution in [3.8, 4) is 11.8 Å². The van der Waals surface area contributed by atoms with Crippen LogP contribution in [-0.4, -0.2) is 31.7 Å². The number of rotatable bonds is 3. The van der Waals surface area contributed by atoms with Gasteiger partial charge in [0.05, 0.1) is 0 Å². The van der Waals surface area contributed by atoms with Gasteiger partial charge in [-0.15, -0.1) is 0 Å². The quantitative estimate of drug-likeness (QED) is 0.543. The molecule has 3 rings (SSSR count). The molecule has 28 heavy (non-hydrogen) atoms. The molecule has 0 aliphatic rings. The first-order chi connectivity index (χ1) is 13.7. The molecule has 0 amide bonds. The van der Waals surface area contributed by atoms with Gasteiger partial charge in [-0.25, -0.2) is 4.98 Å². The molecule has 142 valence electrons. The maximum absolute atomic E-state index is 10.1. The van der Waals surface area contributed by atoms with Gasteiger partial charge >= 0.3 is 0 Å². The molecule has 0 bridgehead atoms. The van der Waals surface area contributed by atoms with Gasteiger partial charge < -0.3 is 11.1 Å². The lowest BCUT2D eigenvalue weighted by molar-refractivity contribution is 0.111. The van der Waals surface area contributed by atoms with Crippen molar-refractivity contribution in [1.82, 2.24) is 4.98 Å². The highest BCUT2D eigenvalue weighted by Gasteiger charge is 1.90. The molecular weight excluding hydrogens is 350 g/mol. The Morgan fingerprint density at radius 3 is 2.00 bits per heavy atom. The second-order valence-electron chi connectivity index (χ2n) is 5.20. The Kier molecular flexibility index (Phi) is 10.7. The third-order valence-electron chi connectivity index (χ3n) is 3.36. The fraction of sp³-hybridized carbons (Fsp3) is 0.0870. The highest BCUT2D eigenvalue weighted by Crippen LogP contribution is 2.08. The van der Waals surface area contributed by atoms with Crippen LogP contribution < -0.4 is 11.1 Å². The van der Waals surface area contributed by atoms with Gasteiger partial charge in [-0.2, -0.15) is 0 Å². The molecule has 0 atom stereocenters. The fourth-order valence-electron chi connectivity index (χ4n) is 1.98. The van der Waals surface area contributed by atoms with Crippen LogP contribution in [0.2, 0.25) is 0 Å². The number of benzene rings is 2. The predicted octanol–water partition coefficient (Wildman–Crippen LogP) is 3.41. The lowest BCUT2D eigenvalue weighted by atomic mass is 10.2. The lowest BCUT2D eigenvalue weighted by Gasteiger charge is -1.98. The predicted molar refractivity (Wildman–Crippen MR) is 114 cm³/mol. The van der Waals surface area contributed by atoms with E-state index in [0.29, 0.717) is 11.1 Å². The van der Waals surface area contributed by atoms with Gasteiger partial charge in [0, 0.05) is 35.6 Å². The molecule has 0 saturated carbocycles. The molecule has 0 aliphatic heterocycles. The fourth-order valence-corrected chi connectivity index (χ4v) is 1.98. The monoisotopic (exact) mass is 373 g/mol. The van der Waals surface area contributed by atoms with E-state index in [2.05, 4.69) is 27.9 Å². The van der Waals surface area contributed by atoms with Crippen LogP contribution in [0.1, 0.15) is 32.0 Å². The smallest absolute Gasteiger partial charge is 0.150 e. The molecule has 0 saturated heterocycles. The second kappa shape index (κ2) is 13.5. The summed E-state index contributed by atoms with van der Waals surface area (Å²) in [6, 6.07) is 20.1. The first-order valence-electron chi connectivity index (χ1n) is 8.54. The number of hydrogen-bond acceptors (Lipinski definition) is 5. The van der Waals surface area contributed by atoms with Crippen LogP contribution in [0.4, 0.5) is 5.69 Å². The van der Waals surface area contributed by atoms with Gasteiger partial charge in [0.1, 0.15) is 18.3 Å². The third-order valence-corrected chi connectivity index (χ3v) is 3.36. The zero-order chi connectivity index (χ0) is 20.6. The zero-order valence-corrected chi connectivity index (χ0v) is 15.9. The Morgan fingerprint density at radius 2 is 1.50 bits per heavy atom. The van der Waals surface area contributed by atoms with E-state index in [1.54, 1.807) is 30.5 Å². The van der Waals surface area contributed by atoms with E-state index in [0.717, 1.165) is 29.5 Å². The average molecular weight is 373 g/mol. The van der Waals surface area contributed by atoms with E-state index < -0.39 is 0 Å². The van der Waals surface area contributed by atoms with Crippen LogP contribution in [0.3, 0.4) is 0 Å². The highest BCUT2D eigenvalue weighted by molar-refractivity contribution is 5.79. The number of nitrogens with one attached hydrogen (secondary N) is 1. The van der Waals surface area contributed by atoms with E-state index >= 15 is 0 Å². The summed E-state index contributed by atoms with van der Waals surface area (Å²) in [6.45, 7) is 0. The molecule has 3 N–H and O–H groups in total. The number of carbonyl (C=O) groups is 2. The number of carbonyl (C=O) groups excluding carboxylic acids is 2. The summed E-state index contributed by atoms with van der Waals surface area (Å²) < 4.78 is 0. The van der Waals surface area contributed by atoms with E-state index in [1.165, 1.54) is 7.05 Å². The first-order valence-corrected chi connectivity index (χ1v) is 8.54. The molecule has 0 unspecified atom stereocenters. The maximum atomic E-state index is 10.1. The normalized spacial score (nSPS) is 8.54. The van der Waals surface area contributed by atoms with Crippen molar-refractivity contribution in [2.24, 2.45) is 5.73 Å². The van der Waals surface area contributed by atoms with Gasteiger partial charge in [0.25, 0.3) is 0 Å². The van der Waals surface area contributed by atoms with Gasteiger partial charge in [-0.3, -0.25) is 9.59 Å². The molecule has 2 aromatic carbocycles. The second-order valence-corrected chi connectivity index (χ2v) is 5.20. The summed E-state index contributed by atoms with van der Waals surface area (Å²) in [5, 5.41) is 3.08. The summed E-state index contributed by atoms with van der Waals surface area (Å²) in [7, 11) is 3.39. The number of hydrogen-bond donors (Lipinski definition) is 2. The Labute approximate surface area is 165 Å². The number of nitrogens with zero attached hydrogens (tertiary/aromatic N) is 1. The molecule has 3 aromatic rings. The first kappa shape index (κ1) is 22.3. The molecule has 5 nitrogen and oxygen atoms in total. The number of aromatic nitrogens is 1. The van der Waals surface area contributed by atoms with Crippen molar-refractivity contribution in [3.63, 3.8) is 0 Å². The topological polar surface area (TPSA) is 85.1 Å². The Morgan fingerprint density at radius 1 is 0.857 bits per heavy atom.